The molecule has 52 heavy (non-hydrogen) atoms. The van der Waals surface area contributed by atoms with Crippen LogP contribution < -0.4 is 14.8 Å². The minimum atomic E-state index is -5.12. The molecule has 274 valence electrons. The topological polar surface area (TPSA) is 98.7 Å². The van der Waals surface area contributed by atoms with Crippen molar-refractivity contribution in [2.24, 2.45) is 0 Å². The predicted octanol–water partition coefficient (Wildman–Crippen LogP) is 9.08. The van der Waals surface area contributed by atoms with Crippen LogP contribution in [0.4, 0.5) is 36.3 Å². The van der Waals surface area contributed by atoms with Crippen molar-refractivity contribution in [1.29, 1.82) is 0 Å². The summed E-state index contributed by atoms with van der Waals surface area (Å²) in [5, 5.41) is 1.80. The Balaban J connectivity index is 1.36. The Morgan fingerprint density at radius 2 is 1.81 bits per heavy atom. The van der Waals surface area contributed by atoms with Crippen LogP contribution in [0.5, 0.6) is 11.9 Å². The van der Waals surface area contributed by atoms with Crippen LogP contribution in [0.3, 0.4) is 0 Å². The molecule has 2 aromatic heterocycles. The number of nitrogens with one attached hydrogen (secondary N) is 1. The minimum absolute atomic E-state index is 0.0308. The highest BCUT2D eigenvalue weighted by atomic mass is 32.1. The zero-order chi connectivity index (χ0) is 37.0. The second-order valence-corrected chi connectivity index (χ2v) is 14.9. The molecule has 0 radical (unpaired) electrons. The largest absolute Gasteiger partial charge is 0.472 e. The number of carbonyl (C=O) groups excluding carboxylic acids is 1. The fourth-order valence-corrected chi connectivity index (χ4v) is 7.72. The van der Waals surface area contributed by atoms with Crippen molar-refractivity contribution in [3.05, 3.63) is 71.3 Å². The smallest absolute Gasteiger partial charge is 0.417 e. The highest BCUT2D eigenvalue weighted by Gasteiger charge is 2.49. The quantitative estimate of drug-likeness (QED) is 0.157. The Morgan fingerprint density at radius 1 is 1.04 bits per heavy atom. The van der Waals surface area contributed by atoms with Gasteiger partial charge in [-0.2, -0.15) is 23.1 Å². The number of anilines is 1. The van der Waals surface area contributed by atoms with Crippen LogP contribution in [0.2, 0.25) is 0 Å². The van der Waals surface area contributed by atoms with E-state index in [2.05, 4.69) is 20.3 Å². The number of amides is 1. The number of alkyl halides is 4. The van der Waals surface area contributed by atoms with E-state index in [1.54, 1.807) is 51.1 Å². The van der Waals surface area contributed by atoms with E-state index < -0.39 is 63.4 Å². The predicted molar refractivity (Wildman–Crippen MR) is 182 cm³/mol. The standard InChI is InChI=1S/C36H33F6N5O4S/c1-34(2,3)51-33(48)46-32-44-28-21(10-11-24(38)29(28)52-32)25-23(36(40,41)42)14-22-27(26(25)39)43-31(45-30(22)49-17-19-8-5-4-6-9-19)50-18-35-12-7-13-47(35)16-20(37)15-35/h4-6,8-11,14,20H,7,12-13,15-18H2,1-3H3,(H,44,46,48)/t20-,35+/m1/s1. The lowest BCUT2D eigenvalue weighted by Crippen LogP contribution is -2.43. The molecule has 2 saturated heterocycles. The van der Waals surface area contributed by atoms with Gasteiger partial charge >= 0.3 is 18.3 Å². The summed E-state index contributed by atoms with van der Waals surface area (Å²) in [4.78, 5) is 27.1. The third-order valence-electron chi connectivity index (χ3n) is 9.00. The highest BCUT2D eigenvalue weighted by molar-refractivity contribution is 7.22. The molecule has 2 atom stereocenters. The summed E-state index contributed by atoms with van der Waals surface area (Å²) in [7, 11) is 0. The first-order valence-electron chi connectivity index (χ1n) is 16.5. The van der Waals surface area contributed by atoms with Gasteiger partial charge in [0.15, 0.2) is 10.9 Å². The maximum atomic E-state index is 16.9. The Kier molecular flexibility index (Phi) is 9.18. The lowest BCUT2D eigenvalue weighted by molar-refractivity contribution is -0.137. The fourth-order valence-electron chi connectivity index (χ4n) is 6.84. The van der Waals surface area contributed by atoms with Crippen LogP contribution in [0, 0.1) is 11.6 Å². The van der Waals surface area contributed by atoms with E-state index in [0.29, 0.717) is 35.9 Å². The van der Waals surface area contributed by atoms with Crippen molar-refractivity contribution in [3.63, 3.8) is 0 Å². The lowest BCUT2D eigenvalue weighted by Gasteiger charge is -2.30. The SMILES string of the molecule is CC(C)(C)OC(=O)Nc1nc2c(-c3c(C(F)(F)F)cc4c(OCc5ccccc5)nc(OC[C@@]56CCCN5C[C@H](F)C6)nc4c3F)ccc(F)c2s1. The second-order valence-electron chi connectivity index (χ2n) is 13.9. The number of thiazole rings is 1. The van der Waals surface area contributed by atoms with E-state index in [4.69, 9.17) is 14.2 Å². The Hall–Kier alpha value is -4.70. The first-order valence-corrected chi connectivity index (χ1v) is 17.3. The molecule has 1 amide bonds. The molecule has 9 nitrogen and oxygen atoms in total. The molecule has 2 aliphatic heterocycles. The molecule has 5 aromatic rings. The Morgan fingerprint density at radius 3 is 2.54 bits per heavy atom. The van der Waals surface area contributed by atoms with Crippen molar-refractivity contribution in [1.82, 2.24) is 19.9 Å². The van der Waals surface area contributed by atoms with Gasteiger partial charge in [-0.25, -0.2) is 22.9 Å². The number of nitrogens with zero attached hydrogens (tertiary/aromatic N) is 4. The van der Waals surface area contributed by atoms with Gasteiger partial charge in [0, 0.05) is 24.1 Å². The second kappa shape index (κ2) is 13.4. The summed E-state index contributed by atoms with van der Waals surface area (Å²) in [5.41, 5.74) is -4.48. The molecule has 2 aliphatic rings. The number of hydrogen-bond donors (Lipinski definition) is 1. The maximum Gasteiger partial charge on any atom is 0.417 e. The van der Waals surface area contributed by atoms with E-state index in [0.717, 1.165) is 18.6 Å². The number of halogens is 6. The van der Waals surface area contributed by atoms with Gasteiger partial charge < -0.3 is 14.2 Å². The zero-order valence-corrected chi connectivity index (χ0v) is 29.1. The molecule has 16 heteroatoms. The average Bonchev–Trinajstić information content (AvgIpc) is 3.75. The molecule has 7 rings (SSSR count). The third kappa shape index (κ3) is 7.05. The number of fused-ring (bicyclic) bond motifs is 3. The molecule has 4 heterocycles. The average molecular weight is 746 g/mol. The van der Waals surface area contributed by atoms with E-state index in [9.17, 15) is 22.4 Å². The molecule has 0 spiro atoms. The summed E-state index contributed by atoms with van der Waals surface area (Å²) in [6, 6.07) is 11.0. The van der Waals surface area contributed by atoms with Crippen molar-refractivity contribution in [2.45, 2.75) is 70.1 Å². The van der Waals surface area contributed by atoms with Crippen molar-refractivity contribution in [2.75, 3.05) is 25.0 Å². The monoisotopic (exact) mass is 745 g/mol. The fraction of sp³-hybridized carbons (Fsp3) is 0.389. The number of benzene rings is 3. The third-order valence-corrected chi connectivity index (χ3v) is 9.98. The van der Waals surface area contributed by atoms with Crippen molar-refractivity contribution < 1.29 is 45.3 Å². The number of rotatable bonds is 8. The van der Waals surface area contributed by atoms with Crippen LogP contribution in [0.1, 0.15) is 51.2 Å². The van der Waals surface area contributed by atoms with Gasteiger partial charge in [0.1, 0.15) is 36.3 Å². The number of ether oxygens (including phenoxy) is 3. The van der Waals surface area contributed by atoms with Crippen LogP contribution in [0.25, 0.3) is 32.2 Å². The normalized spacial score (nSPS) is 19.3. The lowest BCUT2D eigenvalue weighted by atomic mass is 9.95. The molecule has 0 aliphatic carbocycles. The summed E-state index contributed by atoms with van der Waals surface area (Å²) in [6.07, 6.45) is -5.38. The van der Waals surface area contributed by atoms with Gasteiger partial charge in [0.25, 0.3) is 0 Å². The van der Waals surface area contributed by atoms with Crippen molar-refractivity contribution in [3.8, 4) is 23.0 Å². The number of hydrogen-bond acceptors (Lipinski definition) is 9. The van der Waals surface area contributed by atoms with Gasteiger partial charge in [-0.3, -0.25) is 10.2 Å². The first-order chi connectivity index (χ1) is 24.6. The van der Waals surface area contributed by atoms with Crippen LogP contribution in [0.15, 0.2) is 48.5 Å². The molecule has 0 saturated carbocycles. The van der Waals surface area contributed by atoms with E-state index in [1.807, 2.05) is 4.90 Å². The Labute approximate surface area is 297 Å². The zero-order valence-electron chi connectivity index (χ0n) is 28.2. The van der Waals surface area contributed by atoms with Crippen molar-refractivity contribution >= 4 is 43.7 Å². The summed E-state index contributed by atoms with van der Waals surface area (Å²) >= 11 is 0.647. The minimum Gasteiger partial charge on any atom is -0.472 e. The Bertz CT molecular complexity index is 2160. The highest BCUT2D eigenvalue weighted by Crippen LogP contribution is 2.46. The van der Waals surface area contributed by atoms with E-state index >= 15 is 8.78 Å². The molecule has 1 N–H and O–H groups in total. The van der Waals surface area contributed by atoms with Gasteiger partial charge in [-0.15, -0.1) is 0 Å². The van der Waals surface area contributed by atoms with E-state index in [1.165, 1.54) is 0 Å². The number of aromatic nitrogens is 3. The first kappa shape index (κ1) is 35.7. The van der Waals surface area contributed by atoms with E-state index in [-0.39, 0.29) is 58.8 Å². The van der Waals surface area contributed by atoms with Crippen LogP contribution in [-0.2, 0) is 17.5 Å². The maximum absolute atomic E-state index is 16.9. The van der Waals surface area contributed by atoms with Gasteiger partial charge in [-0.1, -0.05) is 41.7 Å². The number of carbonyl (C=O) groups is 1. The molecule has 0 bridgehead atoms. The van der Waals surface area contributed by atoms with Gasteiger partial charge in [-0.05, 0) is 63.9 Å². The summed E-state index contributed by atoms with van der Waals surface area (Å²) in [6.45, 7) is 5.66. The molecule has 2 fully saturated rings. The molecular formula is C36H33F6N5O4S. The summed E-state index contributed by atoms with van der Waals surface area (Å²) in [5.74, 6) is -2.62. The van der Waals surface area contributed by atoms with Crippen LogP contribution in [-0.4, -0.2) is 63.0 Å². The van der Waals surface area contributed by atoms with Gasteiger partial charge in [0.05, 0.1) is 26.7 Å². The molecule has 3 aromatic carbocycles. The molecule has 0 unspecified atom stereocenters. The van der Waals surface area contributed by atoms with Crippen LogP contribution >= 0.6 is 11.3 Å². The summed E-state index contributed by atoms with van der Waals surface area (Å²) < 4.78 is 108. The van der Waals surface area contributed by atoms with Gasteiger partial charge in [0.2, 0.25) is 5.88 Å². The molecular weight excluding hydrogens is 712 g/mol.